The Labute approximate surface area is 327 Å². The molecule has 0 spiro atoms. The lowest BCUT2D eigenvalue weighted by Gasteiger charge is -2.13. The van der Waals surface area contributed by atoms with Gasteiger partial charge >= 0.3 is 0 Å². The standard InChI is InChI=1S/C51H32N6/c1-3-15-33(16-4-1)49-52-50(54-51(53-49)57-45-25-13-7-19-37(45)38-20-8-14-26-46(38)57)34-27-29-36(30-28-34)56-44-24-12-10-22-40(44)42-32-31-41-39-21-9-11-23-43(39)55(47(41)48(42)56)35-17-5-2-6-18-35/h1-32H. The number of rotatable bonds is 5. The van der Waals surface area contributed by atoms with Crippen molar-refractivity contribution in [3.8, 4) is 40.1 Å². The summed E-state index contributed by atoms with van der Waals surface area (Å²) < 4.78 is 7.00. The Bertz CT molecular complexity index is 3450. The molecule has 0 radical (unpaired) electrons. The summed E-state index contributed by atoms with van der Waals surface area (Å²) in [6.45, 7) is 0. The highest BCUT2D eigenvalue weighted by Gasteiger charge is 2.22. The van der Waals surface area contributed by atoms with E-state index in [1.807, 2.05) is 18.2 Å². The summed E-state index contributed by atoms with van der Waals surface area (Å²) in [6, 6.07) is 68.4. The SMILES string of the molecule is c1ccc(-c2nc(-c3ccc(-n4c5ccccc5c5ccc6c7ccccc7n(-c7ccccc7)c6c54)cc3)nc(-n3c4ccccc4c4ccccc43)n2)cc1. The van der Waals surface area contributed by atoms with Gasteiger partial charge in [0, 0.05) is 54.8 Å². The minimum absolute atomic E-state index is 0.582. The summed E-state index contributed by atoms with van der Waals surface area (Å²) in [5.41, 5.74) is 10.8. The first-order valence-electron chi connectivity index (χ1n) is 19.2. The van der Waals surface area contributed by atoms with Gasteiger partial charge in [-0.25, -0.2) is 4.98 Å². The molecule has 0 bridgehead atoms. The summed E-state index contributed by atoms with van der Waals surface area (Å²) in [5, 5.41) is 7.19. The topological polar surface area (TPSA) is 53.5 Å². The second-order valence-electron chi connectivity index (χ2n) is 14.5. The lowest BCUT2D eigenvalue weighted by atomic mass is 10.1. The second-order valence-corrected chi connectivity index (χ2v) is 14.5. The van der Waals surface area contributed by atoms with Crippen LogP contribution >= 0.6 is 0 Å². The van der Waals surface area contributed by atoms with E-state index in [4.69, 9.17) is 15.0 Å². The van der Waals surface area contributed by atoms with Crippen molar-refractivity contribution in [1.82, 2.24) is 28.7 Å². The number of nitrogens with zero attached hydrogens (tertiary/aromatic N) is 6. The molecule has 6 heteroatoms. The molecular weight excluding hydrogens is 697 g/mol. The molecule has 4 heterocycles. The number of hydrogen-bond donors (Lipinski definition) is 0. The quantitative estimate of drug-likeness (QED) is 0.177. The third kappa shape index (κ3) is 4.74. The van der Waals surface area contributed by atoms with Gasteiger partial charge in [0.05, 0.1) is 33.1 Å². The molecule has 266 valence electrons. The van der Waals surface area contributed by atoms with Crippen molar-refractivity contribution in [2.45, 2.75) is 0 Å². The van der Waals surface area contributed by atoms with Crippen LogP contribution in [0.5, 0.6) is 0 Å². The minimum Gasteiger partial charge on any atom is -0.307 e. The van der Waals surface area contributed by atoms with Crippen molar-refractivity contribution in [2.75, 3.05) is 0 Å². The first kappa shape index (κ1) is 31.5. The van der Waals surface area contributed by atoms with Gasteiger partial charge in [0.1, 0.15) is 0 Å². The van der Waals surface area contributed by atoms with Crippen LogP contribution in [-0.4, -0.2) is 28.7 Å². The van der Waals surface area contributed by atoms with Gasteiger partial charge in [-0.3, -0.25) is 4.57 Å². The molecule has 0 N–H and O–H groups in total. The maximum absolute atomic E-state index is 5.21. The molecule has 0 amide bonds. The maximum atomic E-state index is 5.21. The summed E-state index contributed by atoms with van der Waals surface area (Å²) in [5.74, 6) is 1.82. The van der Waals surface area contributed by atoms with Gasteiger partial charge in [-0.05, 0) is 60.7 Å². The molecule has 0 unspecified atom stereocenters. The van der Waals surface area contributed by atoms with Gasteiger partial charge in [-0.1, -0.05) is 133 Å². The summed E-state index contributed by atoms with van der Waals surface area (Å²) in [6.07, 6.45) is 0. The second kappa shape index (κ2) is 12.3. The normalized spacial score (nSPS) is 11.9. The highest BCUT2D eigenvalue weighted by Crippen LogP contribution is 2.42. The lowest BCUT2D eigenvalue weighted by Crippen LogP contribution is -2.06. The maximum Gasteiger partial charge on any atom is 0.238 e. The van der Waals surface area contributed by atoms with Crippen LogP contribution in [0.15, 0.2) is 194 Å². The molecule has 57 heavy (non-hydrogen) atoms. The summed E-state index contributed by atoms with van der Waals surface area (Å²) in [7, 11) is 0. The number of benzene rings is 8. The highest BCUT2D eigenvalue weighted by atomic mass is 15.2. The molecular formula is C51H32N6. The van der Waals surface area contributed by atoms with Crippen LogP contribution in [0, 0.1) is 0 Å². The summed E-state index contributed by atoms with van der Waals surface area (Å²) in [4.78, 5) is 15.4. The van der Waals surface area contributed by atoms with E-state index in [0.717, 1.165) is 49.8 Å². The fourth-order valence-corrected chi connectivity index (χ4v) is 8.82. The molecule has 6 nitrogen and oxygen atoms in total. The Balaban J connectivity index is 1.09. The van der Waals surface area contributed by atoms with Crippen LogP contribution < -0.4 is 0 Å². The van der Waals surface area contributed by atoms with Crippen molar-refractivity contribution in [3.63, 3.8) is 0 Å². The predicted octanol–water partition coefficient (Wildman–Crippen LogP) is 12.5. The zero-order chi connectivity index (χ0) is 37.5. The molecule has 12 rings (SSSR count). The van der Waals surface area contributed by atoms with Crippen molar-refractivity contribution in [2.24, 2.45) is 0 Å². The fourth-order valence-electron chi connectivity index (χ4n) is 8.82. The molecule has 0 atom stereocenters. The molecule has 0 aliphatic rings. The van der Waals surface area contributed by atoms with Gasteiger partial charge in [0.25, 0.3) is 0 Å². The molecule has 0 fully saturated rings. The monoisotopic (exact) mass is 728 g/mol. The molecule has 4 aromatic heterocycles. The van der Waals surface area contributed by atoms with Crippen molar-refractivity contribution in [1.29, 1.82) is 0 Å². The molecule has 8 aromatic carbocycles. The first-order valence-corrected chi connectivity index (χ1v) is 19.2. The van der Waals surface area contributed by atoms with Gasteiger partial charge in [-0.2, -0.15) is 9.97 Å². The third-order valence-corrected chi connectivity index (χ3v) is 11.3. The fraction of sp³-hybridized carbons (Fsp3) is 0. The smallest absolute Gasteiger partial charge is 0.238 e. The van der Waals surface area contributed by atoms with Crippen LogP contribution in [0.4, 0.5) is 0 Å². The largest absolute Gasteiger partial charge is 0.307 e. The van der Waals surface area contributed by atoms with E-state index in [0.29, 0.717) is 17.6 Å². The van der Waals surface area contributed by atoms with Gasteiger partial charge in [0.15, 0.2) is 11.6 Å². The third-order valence-electron chi connectivity index (χ3n) is 11.3. The van der Waals surface area contributed by atoms with Crippen molar-refractivity contribution in [3.05, 3.63) is 194 Å². The van der Waals surface area contributed by atoms with E-state index >= 15 is 0 Å². The van der Waals surface area contributed by atoms with Crippen LogP contribution in [0.3, 0.4) is 0 Å². The summed E-state index contributed by atoms with van der Waals surface area (Å²) >= 11 is 0. The number of aromatic nitrogens is 6. The van der Waals surface area contributed by atoms with Crippen molar-refractivity contribution >= 4 is 65.4 Å². The van der Waals surface area contributed by atoms with Crippen LogP contribution in [0.2, 0.25) is 0 Å². The lowest BCUT2D eigenvalue weighted by molar-refractivity contribution is 0.953. The minimum atomic E-state index is 0.582. The predicted molar refractivity (Wildman–Crippen MR) is 234 cm³/mol. The van der Waals surface area contributed by atoms with Crippen LogP contribution in [-0.2, 0) is 0 Å². The van der Waals surface area contributed by atoms with E-state index in [1.165, 1.54) is 38.1 Å². The average Bonchev–Trinajstić information content (AvgIpc) is 3.93. The molecule has 0 aliphatic heterocycles. The van der Waals surface area contributed by atoms with E-state index in [2.05, 4.69) is 190 Å². The number of fused-ring (bicyclic) bond motifs is 10. The highest BCUT2D eigenvalue weighted by molar-refractivity contribution is 6.23. The number of hydrogen-bond acceptors (Lipinski definition) is 3. The van der Waals surface area contributed by atoms with E-state index in [1.54, 1.807) is 0 Å². The van der Waals surface area contributed by atoms with Gasteiger partial charge in [0.2, 0.25) is 5.95 Å². The molecule has 0 saturated carbocycles. The zero-order valence-corrected chi connectivity index (χ0v) is 30.7. The van der Waals surface area contributed by atoms with Crippen molar-refractivity contribution < 1.29 is 0 Å². The molecule has 12 aromatic rings. The Kier molecular flexibility index (Phi) is 6.83. The average molecular weight is 729 g/mol. The van der Waals surface area contributed by atoms with E-state index < -0.39 is 0 Å². The van der Waals surface area contributed by atoms with Crippen LogP contribution in [0.1, 0.15) is 0 Å². The Morgan fingerprint density at radius 1 is 0.263 bits per heavy atom. The Morgan fingerprint density at radius 2 is 0.632 bits per heavy atom. The Hall–Kier alpha value is -7.83. The van der Waals surface area contributed by atoms with Gasteiger partial charge < -0.3 is 9.13 Å². The molecule has 0 aliphatic carbocycles. The van der Waals surface area contributed by atoms with Crippen LogP contribution in [0.25, 0.3) is 106 Å². The number of para-hydroxylation sites is 5. The van der Waals surface area contributed by atoms with Gasteiger partial charge in [-0.15, -0.1) is 0 Å². The first-order chi connectivity index (χ1) is 28.3. The van der Waals surface area contributed by atoms with E-state index in [9.17, 15) is 0 Å². The molecule has 0 saturated heterocycles. The zero-order valence-electron chi connectivity index (χ0n) is 30.7. The Morgan fingerprint density at radius 3 is 1.12 bits per heavy atom. The van der Waals surface area contributed by atoms with E-state index in [-0.39, 0.29) is 0 Å².